The number of hydrogen-bond acceptors (Lipinski definition) is 3. The topological polar surface area (TPSA) is 49.8 Å². The molecule has 0 spiro atoms. The fraction of sp³-hybridized carbons (Fsp3) is 0.500. The Hall–Kier alpha value is -1.55. The summed E-state index contributed by atoms with van der Waals surface area (Å²) in [5, 5.41) is 8.71. The molecule has 0 saturated heterocycles. The van der Waals surface area contributed by atoms with Crippen molar-refractivity contribution < 1.29 is 14.6 Å². The van der Waals surface area contributed by atoms with Crippen molar-refractivity contribution in [3.8, 4) is 5.75 Å². The summed E-state index contributed by atoms with van der Waals surface area (Å²) in [6.45, 7) is 2.95. The Bertz CT molecular complexity index is 362. The third kappa shape index (κ3) is 5.19. The van der Waals surface area contributed by atoms with Crippen LogP contribution in [-0.2, 0) is 4.79 Å². The van der Waals surface area contributed by atoms with Gasteiger partial charge in [-0.05, 0) is 25.5 Å². The zero-order valence-electron chi connectivity index (χ0n) is 11.1. The Morgan fingerprint density at radius 1 is 1.33 bits per heavy atom. The number of rotatable bonds is 7. The number of aliphatic hydroxyl groups is 1. The average molecular weight is 251 g/mol. The Morgan fingerprint density at radius 3 is 2.61 bits per heavy atom. The summed E-state index contributed by atoms with van der Waals surface area (Å²) in [6, 6.07) is 7.84. The summed E-state index contributed by atoms with van der Waals surface area (Å²) in [6.07, 6.45) is 1.13. The predicted molar refractivity (Wildman–Crippen MR) is 70.6 cm³/mol. The number of aliphatic hydroxyl groups excluding tert-OH is 1. The first-order valence-electron chi connectivity index (χ1n) is 6.18. The van der Waals surface area contributed by atoms with Crippen molar-refractivity contribution in [3.63, 3.8) is 0 Å². The fourth-order valence-corrected chi connectivity index (χ4v) is 1.51. The summed E-state index contributed by atoms with van der Waals surface area (Å²) >= 11 is 0. The van der Waals surface area contributed by atoms with Gasteiger partial charge in [0, 0.05) is 20.0 Å². The summed E-state index contributed by atoms with van der Waals surface area (Å²) in [5.41, 5.74) is 1.20. The van der Waals surface area contributed by atoms with Crippen LogP contribution in [0.4, 0.5) is 0 Å². The number of hydrogen-bond donors (Lipinski definition) is 1. The molecule has 0 aliphatic rings. The van der Waals surface area contributed by atoms with Gasteiger partial charge in [0.1, 0.15) is 5.75 Å². The summed E-state index contributed by atoms with van der Waals surface area (Å²) in [7, 11) is 1.69. The molecule has 0 radical (unpaired) electrons. The monoisotopic (exact) mass is 251 g/mol. The van der Waals surface area contributed by atoms with Crippen molar-refractivity contribution in [3.05, 3.63) is 29.8 Å². The van der Waals surface area contributed by atoms with E-state index in [1.54, 1.807) is 7.05 Å². The maximum Gasteiger partial charge on any atom is 0.222 e. The first kappa shape index (κ1) is 14.5. The van der Waals surface area contributed by atoms with E-state index in [0.29, 0.717) is 26.0 Å². The molecule has 1 aromatic carbocycles. The molecular formula is C14H21NO3. The first-order chi connectivity index (χ1) is 8.63. The lowest BCUT2D eigenvalue weighted by molar-refractivity contribution is -0.130. The van der Waals surface area contributed by atoms with Crippen molar-refractivity contribution in [2.24, 2.45) is 0 Å². The minimum atomic E-state index is 0.00209. The van der Waals surface area contributed by atoms with E-state index in [9.17, 15) is 4.79 Å². The van der Waals surface area contributed by atoms with Crippen molar-refractivity contribution in [1.29, 1.82) is 0 Å². The van der Waals surface area contributed by atoms with Crippen LogP contribution in [-0.4, -0.2) is 42.7 Å². The molecule has 1 aromatic rings. The predicted octanol–water partition coefficient (Wildman–Crippen LogP) is 1.60. The molecule has 1 amide bonds. The Morgan fingerprint density at radius 2 is 2.00 bits per heavy atom. The third-order valence-electron chi connectivity index (χ3n) is 2.69. The molecule has 1 N–H and O–H groups in total. The second-order valence-electron chi connectivity index (χ2n) is 4.30. The molecule has 100 valence electrons. The van der Waals surface area contributed by atoms with Crippen molar-refractivity contribution in [2.75, 3.05) is 26.8 Å². The summed E-state index contributed by atoms with van der Waals surface area (Å²) in [4.78, 5) is 13.1. The first-order valence-corrected chi connectivity index (χ1v) is 6.18. The van der Waals surface area contributed by atoms with Crippen molar-refractivity contribution >= 4 is 5.91 Å². The van der Waals surface area contributed by atoms with Gasteiger partial charge in [0.05, 0.1) is 13.2 Å². The van der Waals surface area contributed by atoms with Gasteiger partial charge in [-0.15, -0.1) is 0 Å². The van der Waals surface area contributed by atoms with Gasteiger partial charge in [-0.1, -0.05) is 17.7 Å². The molecule has 0 atom stereocenters. The SMILES string of the molecule is Cc1ccc(OCCCC(=O)N(C)CCO)cc1. The van der Waals surface area contributed by atoms with E-state index >= 15 is 0 Å². The normalized spacial score (nSPS) is 10.2. The van der Waals surface area contributed by atoms with Crippen LogP contribution in [0.3, 0.4) is 0 Å². The molecule has 0 aliphatic heterocycles. The number of carbonyl (C=O) groups excluding carboxylic acids is 1. The molecule has 0 unspecified atom stereocenters. The number of likely N-dealkylation sites (N-methyl/N-ethyl adjacent to an activating group) is 1. The lowest BCUT2D eigenvalue weighted by Crippen LogP contribution is -2.29. The Balaban J connectivity index is 2.18. The van der Waals surface area contributed by atoms with Gasteiger partial charge in [-0.3, -0.25) is 4.79 Å². The van der Waals surface area contributed by atoms with Crippen LogP contribution < -0.4 is 4.74 Å². The second kappa shape index (κ2) is 7.71. The summed E-state index contributed by atoms with van der Waals surface area (Å²) in [5.74, 6) is 0.869. The minimum Gasteiger partial charge on any atom is -0.494 e. The number of ether oxygens (including phenoxy) is 1. The number of aryl methyl sites for hydroxylation is 1. The molecule has 0 fully saturated rings. The number of nitrogens with zero attached hydrogens (tertiary/aromatic N) is 1. The number of benzene rings is 1. The van der Waals surface area contributed by atoms with E-state index in [1.807, 2.05) is 31.2 Å². The maximum absolute atomic E-state index is 11.5. The Kier molecular flexibility index (Phi) is 6.22. The summed E-state index contributed by atoms with van der Waals surface area (Å²) < 4.78 is 5.53. The van der Waals surface area contributed by atoms with E-state index in [4.69, 9.17) is 9.84 Å². The second-order valence-corrected chi connectivity index (χ2v) is 4.30. The van der Waals surface area contributed by atoms with E-state index in [1.165, 1.54) is 10.5 Å². The smallest absolute Gasteiger partial charge is 0.222 e. The molecule has 4 nitrogen and oxygen atoms in total. The average Bonchev–Trinajstić information content (AvgIpc) is 2.36. The van der Waals surface area contributed by atoms with Gasteiger partial charge >= 0.3 is 0 Å². The van der Waals surface area contributed by atoms with Crippen LogP contribution in [0.2, 0.25) is 0 Å². The highest BCUT2D eigenvalue weighted by Crippen LogP contribution is 2.11. The minimum absolute atomic E-state index is 0.00209. The quantitative estimate of drug-likeness (QED) is 0.749. The molecular weight excluding hydrogens is 230 g/mol. The van der Waals surface area contributed by atoms with Crippen LogP contribution in [0, 0.1) is 6.92 Å². The molecule has 0 aliphatic carbocycles. The Labute approximate surface area is 108 Å². The van der Waals surface area contributed by atoms with Crippen molar-refractivity contribution in [2.45, 2.75) is 19.8 Å². The van der Waals surface area contributed by atoms with Crippen LogP contribution in [0.15, 0.2) is 24.3 Å². The third-order valence-corrected chi connectivity index (χ3v) is 2.69. The molecule has 1 rings (SSSR count). The highest BCUT2D eigenvalue weighted by molar-refractivity contribution is 5.75. The van der Waals surface area contributed by atoms with Crippen LogP contribution in [0.5, 0.6) is 5.75 Å². The molecule has 0 aromatic heterocycles. The largest absolute Gasteiger partial charge is 0.494 e. The van der Waals surface area contributed by atoms with Crippen LogP contribution in [0.1, 0.15) is 18.4 Å². The van der Waals surface area contributed by atoms with E-state index in [0.717, 1.165) is 5.75 Å². The standard InChI is InChI=1S/C14H21NO3/c1-12-5-7-13(8-6-12)18-11-3-4-14(17)15(2)9-10-16/h5-8,16H,3-4,9-11H2,1-2H3. The molecule has 0 heterocycles. The van der Waals surface area contributed by atoms with Crippen molar-refractivity contribution in [1.82, 2.24) is 4.90 Å². The molecule has 0 saturated carbocycles. The number of amides is 1. The lowest BCUT2D eigenvalue weighted by Gasteiger charge is -2.15. The zero-order valence-corrected chi connectivity index (χ0v) is 11.1. The van der Waals surface area contributed by atoms with Gasteiger partial charge in [-0.2, -0.15) is 0 Å². The van der Waals surface area contributed by atoms with Gasteiger partial charge < -0.3 is 14.7 Å². The van der Waals surface area contributed by atoms with Gasteiger partial charge in [-0.25, -0.2) is 0 Å². The molecule has 18 heavy (non-hydrogen) atoms. The highest BCUT2D eigenvalue weighted by Gasteiger charge is 2.07. The zero-order chi connectivity index (χ0) is 13.4. The van der Waals surface area contributed by atoms with E-state index in [-0.39, 0.29) is 12.5 Å². The molecule has 4 heteroatoms. The lowest BCUT2D eigenvalue weighted by atomic mass is 10.2. The van der Waals surface area contributed by atoms with Gasteiger partial charge in [0.2, 0.25) is 5.91 Å². The van der Waals surface area contributed by atoms with Gasteiger partial charge in [0.25, 0.3) is 0 Å². The van der Waals surface area contributed by atoms with Crippen LogP contribution in [0.25, 0.3) is 0 Å². The molecule has 0 bridgehead atoms. The fourth-order valence-electron chi connectivity index (χ4n) is 1.51. The van der Waals surface area contributed by atoms with E-state index in [2.05, 4.69) is 0 Å². The number of carbonyl (C=O) groups is 1. The maximum atomic E-state index is 11.5. The van der Waals surface area contributed by atoms with E-state index < -0.39 is 0 Å². The van der Waals surface area contributed by atoms with Crippen LogP contribution >= 0.6 is 0 Å². The van der Waals surface area contributed by atoms with Gasteiger partial charge in [0.15, 0.2) is 0 Å². The highest BCUT2D eigenvalue weighted by atomic mass is 16.5.